The third kappa shape index (κ3) is 3.42. The lowest BCUT2D eigenvalue weighted by atomic mass is 10.0. The van der Waals surface area contributed by atoms with Crippen molar-refractivity contribution in [2.24, 2.45) is 18.7 Å². The van der Waals surface area contributed by atoms with E-state index in [1.165, 1.54) is 0 Å². The average Bonchev–Trinajstić information content (AvgIpc) is 2.76. The molecule has 2 rings (SSSR count). The number of benzene rings is 1. The number of rotatable bonds is 5. The monoisotopic (exact) mass is 288 g/mol. The Balaban J connectivity index is 2.13. The normalized spacial score (nSPS) is 14.4. The molecule has 5 nitrogen and oxygen atoms in total. The molecule has 0 aliphatic rings. The minimum Gasteiger partial charge on any atom is -0.345 e. The minimum absolute atomic E-state index is 0.122. The van der Waals surface area contributed by atoms with E-state index in [0.717, 1.165) is 16.9 Å². The van der Waals surface area contributed by atoms with Crippen molar-refractivity contribution in [1.29, 1.82) is 0 Å². The maximum Gasteiger partial charge on any atom is 0.237 e. The standard InChI is InChI=1S/C16H24N4O/c1-10(2)9-12(17)16(21)18-11(3)15-19-13-7-5-6-8-14(13)20(15)4/h5-8,10-12H,9,17H2,1-4H3,(H,18,21)/t11?,12-/m0/s1. The van der Waals surface area contributed by atoms with E-state index in [9.17, 15) is 4.79 Å². The molecule has 1 heterocycles. The van der Waals surface area contributed by atoms with E-state index in [2.05, 4.69) is 24.1 Å². The number of fused-ring (bicyclic) bond motifs is 1. The third-order valence-electron chi connectivity index (χ3n) is 3.63. The van der Waals surface area contributed by atoms with Crippen molar-refractivity contribution < 1.29 is 4.79 Å². The van der Waals surface area contributed by atoms with Crippen LogP contribution in [0.2, 0.25) is 0 Å². The number of nitrogens with two attached hydrogens (primary N) is 1. The maximum absolute atomic E-state index is 12.1. The number of hydrogen-bond acceptors (Lipinski definition) is 3. The van der Waals surface area contributed by atoms with Crippen molar-refractivity contribution in [3.8, 4) is 0 Å². The van der Waals surface area contributed by atoms with Gasteiger partial charge in [0.1, 0.15) is 5.82 Å². The van der Waals surface area contributed by atoms with E-state index in [4.69, 9.17) is 5.73 Å². The molecule has 1 amide bonds. The molecule has 2 aromatic rings. The smallest absolute Gasteiger partial charge is 0.237 e. The molecule has 1 aromatic heterocycles. The van der Waals surface area contributed by atoms with Crippen LogP contribution in [0.3, 0.4) is 0 Å². The van der Waals surface area contributed by atoms with E-state index in [-0.39, 0.29) is 11.9 Å². The Labute approximate surface area is 125 Å². The van der Waals surface area contributed by atoms with Crippen molar-refractivity contribution in [3.05, 3.63) is 30.1 Å². The van der Waals surface area contributed by atoms with Crippen LogP contribution in [0.15, 0.2) is 24.3 Å². The number of imidazole rings is 1. The SMILES string of the molecule is CC(C)C[C@H](N)C(=O)NC(C)c1nc2ccccc2n1C. The average molecular weight is 288 g/mol. The number of aromatic nitrogens is 2. The van der Waals surface area contributed by atoms with E-state index in [1.807, 2.05) is 42.8 Å². The molecular formula is C16H24N4O. The Kier molecular flexibility index (Phi) is 4.63. The second-order valence-electron chi connectivity index (χ2n) is 5.98. The predicted octanol–water partition coefficient (Wildman–Crippen LogP) is 2.12. The molecule has 5 heteroatoms. The van der Waals surface area contributed by atoms with Crippen LogP contribution in [0.25, 0.3) is 11.0 Å². The molecule has 0 fully saturated rings. The Morgan fingerprint density at radius 1 is 1.33 bits per heavy atom. The topological polar surface area (TPSA) is 72.9 Å². The fraction of sp³-hybridized carbons (Fsp3) is 0.500. The number of nitrogens with one attached hydrogen (secondary N) is 1. The van der Waals surface area contributed by atoms with Crippen LogP contribution in [-0.2, 0) is 11.8 Å². The fourth-order valence-electron chi connectivity index (χ4n) is 2.55. The highest BCUT2D eigenvalue weighted by atomic mass is 16.2. The molecule has 3 N–H and O–H groups in total. The summed E-state index contributed by atoms with van der Waals surface area (Å²) in [5.74, 6) is 1.11. The first-order chi connectivity index (χ1) is 9.90. The predicted molar refractivity (Wildman–Crippen MR) is 84.7 cm³/mol. The summed E-state index contributed by atoms with van der Waals surface area (Å²) in [4.78, 5) is 16.7. The molecule has 0 spiro atoms. The molecule has 0 aliphatic carbocycles. The molecule has 0 bridgehead atoms. The quantitative estimate of drug-likeness (QED) is 0.885. The van der Waals surface area contributed by atoms with Gasteiger partial charge in [0.25, 0.3) is 0 Å². The van der Waals surface area contributed by atoms with Crippen molar-refractivity contribution in [2.75, 3.05) is 0 Å². The number of para-hydroxylation sites is 2. The van der Waals surface area contributed by atoms with Crippen LogP contribution in [0.1, 0.15) is 39.1 Å². The van der Waals surface area contributed by atoms with Crippen LogP contribution in [-0.4, -0.2) is 21.5 Å². The number of carbonyl (C=O) groups is 1. The summed E-state index contributed by atoms with van der Waals surface area (Å²) in [7, 11) is 1.96. The Morgan fingerprint density at radius 2 is 2.00 bits per heavy atom. The largest absolute Gasteiger partial charge is 0.345 e. The van der Waals surface area contributed by atoms with Gasteiger partial charge < -0.3 is 15.6 Å². The summed E-state index contributed by atoms with van der Waals surface area (Å²) >= 11 is 0. The van der Waals surface area contributed by atoms with Gasteiger partial charge in [0.15, 0.2) is 0 Å². The number of hydrogen-bond donors (Lipinski definition) is 2. The molecule has 21 heavy (non-hydrogen) atoms. The molecule has 0 radical (unpaired) electrons. The van der Waals surface area contributed by atoms with Gasteiger partial charge in [0, 0.05) is 7.05 Å². The zero-order chi connectivity index (χ0) is 15.6. The van der Waals surface area contributed by atoms with Crippen molar-refractivity contribution in [3.63, 3.8) is 0 Å². The molecular weight excluding hydrogens is 264 g/mol. The van der Waals surface area contributed by atoms with E-state index < -0.39 is 6.04 Å². The first-order valence-electron chi connectivity index (χ1n) is 7.37. The van der Waals surface area contributed by atoms with Crippen LogP contribution < -0.4 is 11.1 Å². The summed E-state index contributed by atoms with van der Waals surface area (Å²) in [6, 6.07) is 7.29. The maximum atomic E-state index is 12.1. The van der Waals surface area contributed by atoms with Gasteiger partial charge >= 0.3 is 0 Å². The number of nitrogens with zero attached hydrogens (tertiary/aromatic N) is 2. The van der Waals surface area contributed by atoms with E-state index in [0.29, 0.717) is 12.3 Å². The minimum atomic E-state index is -0.470. The molecule has 1 unspecified atom stereocenters. The van der Waals surface area contributed by atoms with Gasteiger partial charge in [-0.05, 0) is 31.4 Å². The highest BCUT2D eigenvalue weighted by Crippen LogP contribution is 2.19. The molecule has 2 atom stereocenters. The highest BCUT2D eigenvalue weighted by molar-refractivity contribution is 5.82. The Hall–Kier alpha value is -1.88. The second kappa shape index (κ2) is 6.26. The fourth-order valence-corrected chi connectivity index (χ4v) is 2.55. The summed E-state index contributed by atoms with van der Waals surface area (Å²) in [5.41, 5.74) is 7.91. The first kappa shape index (κ1) is 15.5. The van der Waals surface area contributed by atoms with Gasteiger partial charge in [-0.2, -0.15) is 0 Å². The molecule has 114 valence electrons. The molecule has 0 saturated heterocycles. The Morgan fingerprint density at radius 3 is 2.62 bits per heavy atom. The van der Waals surface area contributed by atoms with Crippen molar-refractivity contribution in [2.45, 2.75) is 39.3 Å². The molecule has 1 aromatic carbocycles. The number of carbonyl (C=O) groups excluding carboxylic acids is 1. The molecule has 0 saturated carbocycles. The Bertz CT molecular complexity index is 632. The third-order valence-corrected chi connectivity index (χ3v) is 3.63. The van der Waals surface area contributed by atoms with Crippen molar-refractivity contribution >= 4 is 16.9 Å². The zero-order valence-electron chi connectivity index (χ0n) is 13.1. The van der Waals surface area contributed by atoms with Crippen LogP contribution in [0, 0.1) is 5.92 Å². The van der Waals surface area contributed by atoms with Crippen LogP contribution in [0.5, 0.6) is 0 Å². The van der Waals surface area contributed by atoms with Crippen LogP contribution >= 0.6 is 0 Å². The van der Waals surface area contributed by atoms with Crippen LogP contribution in [0.4, 0.5) is 0 Å². The number of aryl methyl sites for hydroxylation is 1. The van der Waals surface area contributed by atoms with E-state index >= 15 is 0 Å². The van der Waals surface area contributed by atoms with Gasteiger partial charge in [-0.25, -0.2) is 4.98 Å². The number of amides is 1. The summed E-state index contributed by atoms with van der Waals surface area (Å²) in [6.45, 7) is 6.05. The second-order valence-corrected chi connectivity index (χ2v) is 5.98. The van der Waals surface area contributed by atoms with Gasteiger partial charge in [-0.3, -0.25) is 4.79 Å². The van der Waals surface area contributed by atoms with Crippen molar-refractivity contribution in [1.82, 2.24) is 14.9 Å². The lowest BCUT2D eigenvalue weighted by molar-refractivity contribution is -0.123. The lowest BCUT2D eigenvalue weighted by Crippen LogP contribution is -2.42. The zero-order valence-corrected chi connectivity index (χ0v) is 13.1. The lowest BCUT2D eigenvalue weighted by Gasteiger charge is -2.18. The van der Waals surface area contributed by atoms with E-state index in [1.54, 1.807) is 0 Å². The summed E-state index contributed by atoms with van der Waals surface area (Å²) in [6.07, 6.45) is 0.682. The highest BCUT2D eigenvalue weighted by Gasteiger charge is 2.20. The van der Waals surface area contributed by atoms with Gasteiger partial charge in [0.05, 0.1) is 23.1 Å². The summed E-state index contributed by atoms with van der Waals surface area (Å²) < 4.78 is 2.01. The first-order valence-corrected chi connectivity index (χ1v) is 7.37. The van der Waals surface area contributed by atoms with Gasteiger partial charge in [-0.1, -0.05) is 26.0 Å². The summed E-state index contributed by atoms with van der Waals surface area (Å²) in [5, 5.41) is 2.96. The molecule has 0 aliphatic heterocycles. The van der Waals surface area contributed by atoms with Gasteiger partial charge in [-0.15, -0.1) is 0 Å². The van der Waals surface area contributed by atoms with Gasteiger partial charge in [0.2, 0.25) is 5.91 Å².